The molecule has 0 atom stereocenters. The van der Waals surface area contributed by atoms with Gasteiger partial charge < -0.3 is 19.3 Å². The molecule has 3 heterocycles. The second-order valence-electron chi connectivity index (χ2n) is 8.84. The Labute approximate surface area is 210 Å². The van der Waals surface area contributed by atoms with E-state index in [0.29, 0.717) is 36.0 Å². The fourth-order valence-electron chi connectivity index (χ4n) is 4.31. The second kappa shape index (κ2) is 11.2. The van der Waals surface area contributed by atoms with E-state index in [1.165, 1.54) is 12.1 Å². The van der Waals surface area contributed by atoms with Crippen molar-refractivity contribution in [2.24, 2.45) is 5.10 Å². The molecule has 0 saturated carbocycles. The third kappa shape index (κ3) is 5.81. The predicted octanol–water partition coefficient (Wildman–Crippen LogP) is 4.24. The maximum atomic E-state index is 13.1. The zero-order valence-electron chi connectivity index (χ0n) is 20.4. The van der Waals surface area contributed by atoms with E-state index in [1.807, 2.05) is 18.2 Å². The van der Waals surface area contributed by atoms with E-state index in [0.717, 1.165) is 63.0 Å². The third-order valence-corrected chi connectivity index (χ3v) is 6.26. The normalized spacial score (nSPS) is 15.6. The second-order valence-corrected chi connectivity index (χ2v) is 8.84. The molecule has 188 valence electrons. The number of hydrogen-bond donors (Lipinski definition) is 1. The molecule has 0 bridgehead atoms. The van der Waals surface area contributed by atoms with Gasteiger partial charge in [0, 0.05) is 26.2 Å². The van der Waals surface area contributed by atoms with Gasteiger partial charge in [-0.2, -0.15) is 20.1 Å². The van der Waals surface area contributed by atoms with E-state index < -0.39 is 0 Å². The van der Waals surface area contributed by atoms with Crippen LogP contribution in [0.1, 0.15) is 36.8 Å². The monoisotopic (exact) mass is 491 g/mol. The molecule has 2 aliphatic rings. The minimum Gasteiger partial charge on any atom is -0.493 e. The van der Waals surface area contributed by atoms with E-state index in [2.05, 4.69) is 30.3 Å². The lowest BCUT2D eigenvalue weighted by atomic mass is 10.2. The van der Waals surface area contributed by atoms with Crippen LogP contribution in [0.25, 0.3) is 0 Å². The Morgan fingerprint density at radius 3 is 2.14 bits per heavy atom. The van der Waals surface area contributed by atoms with Gasteiger partial charge >= 0.3 is 0 Å². The quantitative estimate of drug-likeness (QED) is 0.351. The molecule has 36 heavy (non-hydrogen) atoms. The summed E-state index contributed by atoms with van der Waals surface area (Å²) < 4.78 is 24.5. The molecule has 0 aliphatic carbocycles. The molecule has 1 aromatic heterocycles. The first-order chi connectivity index (χ1) is 17.7. The van der Waals surface area contributed by atoms with E-state index in [4.69, 9.17) is 14.5 Å². The van der Waals surface area contributed by atoms with Gasteiger partial charge in [-0.05, 0) is 67.1 Å². The number of hydrogen-bond acceptors (Lipinski definition) is 9. The number of methoxy groups -OCH3 is 1. The Balaban J connectivity index is 1.27. The van der Waals surface area contributed by atoms with Crippen LogP contribution < -0.4 is 24.7 Å². The summed E-state index contributed by atoms with van der Waals surface area (Å²) in [6.45, 7) is 4.15. The van der Waals surface area contributed by atoms with Gasteiger partial charge in [0.15, 0.2) is 11.5 Å². The van der Waals surface area contributed by atoms with Crippen LogP contribution in [0.3, 0.4) is 0 Å². The minimum absolute atomic E-state index is 0.273. The molecule has 0 unspecified atom stereocenters. The number of nitrogens with one attached hydrogen (secondary N) is 1. The molecule has 3 aromatic rings. The molecule has 0 amide bonds. The zero-order valence-corrected chi connectivity index (χ0v) is 20.4. The highest BCUT2D eigenvalue weighted by atomic mass is 19.1. The number of ether oxygens (including phenoxy) is 2. The summed E-state index contributed by atoms with van der Waals surface area (Å²) in [6.07, 6.45) is 6.28. The SMILES string of the molecule is COc1cc(/C=N\Nc2nc(N3CCCC3)nc(N3CCCC3)n2)ccc1OCc1ccc(F)cc1. The van der Waals surface area contributed by atoms with Crippen LogP contribution in [-0.2, 0) is 6.61 Å². The zero-order chi connectivity index (χ0) is 24.7. The molecule has 9 nitrogen and oxygen atoms in total. The molecule has 2 saturated heterocycles. The van der Waals surface area contributed by atoms with Crippen LogP contribution in [0, 0.1) is 5.82 Å². The van der Waals surface area contributed by atoms with Crippen molar-refractivity contribution in [1.29, 1.82) is 0 Å². The van der Waals surface area contributed by atoms with Crippen LogP contribution in [-0.4, -0.2) is 54.5 Å². The number of anilines is 3. The van der Waals surface area contributed by atoms with E-state index in [1.54, 1.807) is 25.5 Å². The Hall–Kier alpha value is -3.95. The van der Waals surface area contributed by atoms with Crippen LogP contribution in [0.4, 0.5) is 22.2 Å². The van der Waals surface area contributed by atoms with Gasteiger partial charge in [0.25, 0.3) is 0 Å². The maximum Gasteiger partial charge on any atom is 0.250 e. The summed E-state index contributed by atoms with van der Waals surface area (Å²) in [4.78, 5) is 18.3. The molecule has 0 radical (unpaired) electrons. The van der Waals surface area contributed by atoms with Crippen molar-refractivity contribution in [2.45, 2.75) is 32.3 Å². The first-order valence-electron chi connectivity index (χ1n) is 12.3. The van der Waals surface area contributed by atoms with Crippen molar-refractivity contribution in [3.05, 3.63) is 59.4 Å². The van der Waals surface area contributed by atoms with Gasteiger partial charge in [0.2, 0.25) is 17.8 Å². The highest BCUT2D eigenvalue weighted by Crippen LogP contribution is 2.28. The standard InChI is InChI=1S/C26H30FN7O2/c1-35-23-16-20(8-11-22(23)36-18-19-6-9-21(27)10-7-19)17-28-32-24-29-25(33-12-2-3-13-33)31-26(30-24)34-14-4-5-15-34/h6-11,16-17H,2-5,12-15,18H2,1H3,(H,29,30,31,32)/b28-17-. The Morgan fingerprint density at radius 1 is 0.889 bits per heavy atom. The fraction of sp³-hybridized carbons (Fsp3) is 0.385. The highest BCUT2D eigenvalue weighted by Gasteiger charge is 2.21. The van der Waals surface area contributed by atoms with Crippen molar-refractivity contribution in [3.63, 3.8) is 0 Å². The van der Waals surface area contributed by atoms with Gasteiger partial charge in [0.05, 0.1) is 13.3 Å². The summed E-state index contributed by atoms with van der Waals surface area (Å²) in [7, 11) is 1.59. The van der Waals surface area contributed by atoms with E-state index in [9.17, 15) is 4.39 Å². The lowest BCUT2D eigenvalue weighted by Crippen LogP contribution is -2.25. The van der Waals surface area contributed by atoms with Gasteiger partial charge in [-0.3, -0.25) is 0 Å². The first-order valence-corrected chi connectivity index (χ1v) is 12.3. The van der Waals surface area contributed by atoms with Crippen molar-refractivity contribution in [3.8, 4) is 11.5 Å². The average Bonchev–Trinajstić information content (AvgIpc) is 3.64. The van der Waals surface area contributed by atoms with E-state index in [-0.39, 0.29) is 5.82 Å². The Bertz CT molecular complexity index is 1160. The third-order valence-electron chi connectivity index (χ3n) is 6.26. The first kappa shape index (κ1) is 23.8. The largest absolute Gasteiger partial charge is 0.493 e. The van der Waals surface area contributed by atoms with Crippen LogP contribution >= 0.6 is 0 Å². The molecule has 2 fully saturated rings. The van der Waals surface area contributed by atoms with E-state index >= 15 is 0 Å². The molecule has 2 aliphatic heterocycles. The van der Waals surface area contributed by atoms with Gasteiger partial charge in [0.1, 0.15) is 12.4 Å². The summed E-state index contributed by atoms with van der Waals surface area (Å²) in [5, 5.41) is 4.36. The van der Waals surface area contributed by atoms with Crippen LogP contribution in [0.5, 0.6) is 11.5 Å². The van der Waals surface area contributed by atoms with Crippen LogP contribution in [0.15, 0.2) is 47.6 Å². The summed E-state index contributed by atoms with van der Waals surface area (Å²) >= 11 is 0. The van der Waals surface area contributed by atoms with Crippen molar-refractivity contribution >= 4 is 24.1 Å². The molecule has 2 aromatic carbocycles. The fourth-order valence-corrected chi connectivity index (χ4v) is 4.31. The Kier molecular flexibility index (Phi) is 7.39. The number of halogens is 1. The smallest absolute Gasteiger partial charge is 0.250 e. The molecule has 5 rings (SSSR count). The van der Waals surface area contributed by atoms with Crippen molar-refractivity contribution in [2.75, 3.05) is 48.5 Å². The maximum absolute atomic E-state index is 13.1. The van der Waals surface area contributed by atoms with Gasteiger partial charge in [-0.1, -0.05) is 12.1 Å². The number of aromatic nitrogens is 3. The number of nitrogens with zero attached hydrogens (tertiary/aromatic N) is 6. The molecule has 1 N–H and O–H groups in total. The summed E-state index contributed by atoms with van der Waals surface area (Å²) in [5.41, 5.74) is 4.66. The average molecular weight is 492 g/mol. The molecular formula is C26H30FN7O2. The minimum atomic E-state index is -0.273. The highest BCUT2D eigenvalue weighted by molar-refractivity contribution is 5.81. The number of rotatable bonds is 9. The lowest BCUT2D eigenvalue weighted by molar-refractivity contribution is 0.284. The number of benzene rings is 2. The summed E-state index contributed by atoms with van der Waals surface area (Å²) in [5.74, 6) is 2.73. The molecule has 10 heteroatoms. The predicted molar refractivity (Wildman–Crippen MR) is 138 cm³/mol. The van der Waals surface area contributed by atoms with Gasteiger partial charge in [-0.25, -0.2) is 9.82 Å². The van der Waals surface area contributed by atoms with Gasteiger partial charge in [-0.15, -0.1) is 0 Å². The Morgan fingerprint density at radius 2 is 1.53 bits per heavy atom. The van der Waals surface area contributed by atoms with Crippen molar-refractivity contribution < 1.29 is 13.9 Å². The molecular weight excluding hydrogens is 461 g/mol. The van der Waals surface area contributed by atoms with Crippen LogP contribution in [0.2, 0.25) is 0 Å². The molecule has 0 spiro atoms. The number of hydrazone groups is 1. The van der Waals surface area contributed by atoms with Crippen molar-refractivity contribution in [1.82, 2.24) is 15.0 Å². The lowest BCUT2D eigenvalue weighted by Gasteiger charge is -2.20. The topological polar surface area (TPSA) is 88.0 Å². The summed E-state index contributed by atoms with van der Waals surface area (Å²) in [6, 6.07) is 11.8.